The summed E-state index contributed by atoms with van der Waals surface area (Å²) < 4.78 is 13.4. The van der Waals surface area contributed by atoms with Crippen molar-refractivity contribution in [2.24, 2.45) is 0 Å². The summed E-state index contributed by atoms with van der Waals surface area (Å²) in [5.41, 5.74) is 1.96. The van der Waals surface area contributed by atoms with Crippen LogP contribution in [0.15, 0.2) is 29.1 Å². The Morgan fingerprint density at radius 3 is 2.80 bits per heavy atom. The first-order valence-corrected chi connectivity index (χ1v) is 9.46. The molecule has 25 heavy (non-hydrogen) atoms. The molecule has 3 heterocycles. The van der Waals surface area contributed by atoms with E-state index in [1.165, 1.54) is 6.42 Å². The number of fused-ring (bicyclic) bond motifs is 1. The molecule has 1 aromatic heterocycles. The predicted octanol–water partition coefficient (Wildman–Crippen LogP) is 2.51. The van der Waals surface area contributed by atoms with Gasteiger partial charge in [0, 0.05) is 32.3 Å². The minimum atomic E-state index is -0.00362. The van der Waals surface area contributed by atoms with Crippen molar-refractivity contribution in [2.75, 3.05) is 32.8 Å². The Kier molecular flexibility index (Phi) is 5.20. The second kappa shape index (κ2) is 7.72. The molecule has 2 saturated heterocycles. The van der Waals surface area contributed by atoms with E-state index in [0.717, 1.165) is 69.6 Å². The number of hydrogen-bond acceptors (Lipinski definition) is 4. The van der Waals surface area contributed by atoms with E-state index in [1.807, 2.05) is 28.8 Å². The van der Waals surface area contributed by atoms with Crippen LogP contribution in [0.4, 0.5) is 0 Å². The normalized spacial score (nSPS) is 23.3. The number of imidazole rings is 1. The quantitative estimate of drug-likeness (QED) is 0.905. The van der Waals surface area contributed by atoms with Crippen LogP contribution in [0.1, 0.15) is 38.1 Å². The Hall–Kier alpha value is -1.63. The van der Waals surface area contributed by atoms with Gasteiger partial charge in [0.05, 0.1) is 17.6 Å². The van der Waals surface area contributed by atoms with Gasteiger partial charge in [-0.15, -0.1) is 0 Å². The Balaban J connectivity index is 1.29. The standard InChI is InChI=1S/C19H27N3O3/c23-19-20-16-5-1-2-6-17(16)22(19)15-8-10-21(11-9-15)12-14-25-18-7-3-4-13-24-18/h1-2,5-6,15,18H,3-4,7-14H2,(H,20,23). The second-order valence-electron chi connectivity index (χ2n) is 7.06. The Morgan fingerprint density at radius 2 is 2.00 bits per heavy atom. The first-order chi connectivity index (χ1) is 12.3. The fourth-order valence-electron chi connectivity index (χ4n) is 3.99. The van der Waals surface area contributed by atoms with Gasteiger partial charge in [-0.25, -0.2) is 4.79 Å². The van der Waals surface area contributed by atoms with Crippen LogP contribution in [-0.2, 0) is 9.47 Å². The van der Waals surface area contributed by atoms with Crippen molar-refractivity contribution in [2.45, 2.75) is 44.4 Å². The number of nitrogens with one attached hydrogen (secondary N) is 1. The third kappa shape index (κ3) is 3.81. The smallest absolute Gasteiger partial charge is 0.326 e. The zero-order valence-corrected chi connectivity index (χ0v) is 14.7. The molecular weight excluding hydrogens is 318 g/mol. The molecular formula is C19H27N3O3. The van der Waals surface area contributed by atoms with E-state index in [9.17, 15) is 4.79 Å². The van der Waals surface area contributed by atoms with Crippen LogP contribution >= 0.6 is 0 Å². The van der Waals surface area contributed by atoms with E-state index in [4.69, 9.17) is 9.47 Å². The minimum Gasteiger partial charge on any atom is -0.353 e. The molecule has 1 atom stereocenters. The number of ether oxygens (including phenoxy) is 2. The summed E-state index contributed by atoms with van der Waals surface area (Å²) in [6, 6.07) is 8.22. The molecule has 2 aliphatic heterocycles. The lowest BCUT2D eigenvalue weighted by Crippen LogP contribution is -2.39. The van der Waals surface area contributed by atoms with Gasteiger partial charge in [0.2, 0.25) is 0 Å². The largest absolute Gasteiger partial charge is 0.353 e. The molecule has 2 aliphatic rings. The summed E-state index contributed by atoms with van der Waals surface area (Å²) in [5, 5.41) is 0. The van der Waals surface area contributed by atoms with E-state index >= 15 is 0 Å². The van der Waals surface area contributed by atoms with Crippen LogP contribution in [0.25, 0.3) is 11.0 Å². The zero-order chi connectivity index (χ0) is 17.1. The molecule has 2 fully saturated rings. The van der Waals surface area contributed by atoms with Crippen molar-refractivity contribution in [3.05, 3.63) is 34.7 Å². The van der Waals surface area contributed by atoms with E-state index in [-0.39, 0.29) is 18.0 Å². The van der Waals surface area contributed by atoms with Gasteiger partial charge in [0.1, 0.15) is 0 Å². The van der Waals surface area contributed by atoms with Gasteiger partial charge in [-0.2, -0.15) is 0 Å². The number of aromatic nitrogens is 2. The molecule has 0 radical (unpaired) electrons. The maximum absolute atomic E-state index is 12.3. The van der Waals surface area contributed by atoms with Crippen molar-refractivity contribution < 1.29 is 9.47 Å². The highest BCUT2D eigenvalue weighted by atomic mass is 16.7. The number of para-hydroxylation sites is 2. The van der Waals surface area contributed by atoms with E-state index < -0.39 is 0 Å². The monoisotopic (exact) mass is 345 g/mol. The fraction of sp³-hybridized carbons (Fsp3) is 0.632. The Labute approximate surface area is 147 Å². The number of hydrogen-bond donors (Lipinski definition) is 1. The number of aromatic amines is 1. The Morgan fingerprint density at radius 1 is 1.16 bits per heavy atom. The first-order valence-electron chi connectivity index (χ1n) is 9.46. The maximum Gasteiger partial charge on any atom is 0.326 e. The van der Waals surface area contributed by atoms with Crippen LogP contribution in [0.2, 0.25) is 0 Å². The number of rotatable bonds is 5. The van der Waals surface area contributed by atoms with Crippen LogP contribution in [-0.4, -0.2) is 53.6 Å². The topological polar surface area (TPSA) is 59.5 Å². The van der Waals surface area contributed by atoms with E-state index in [1.54, 1.807) is 0 Å². The molecule has 1 aromatic carbocycles. The average molecular weight is 345 g/mol. The highest BCUT2D eigenvalue weighted by molar-refractivity contribution is 5.75. The van der Waals surface area contributed by atoms with Gasteiger partial charge >= 0.3 is 5.69 Å². The number of likely N-dealkylation sites (tertiary alicyclic amines) is 1. The SMILES string of the molecule is O=c1[nH]c2ccccc2n1C1CCN(CCOC2CCCCO2)CC1. The molecule has 6 heteroatoms. The summed E-state index contributed by atoms with van der Waals surface area (Å²) in [7, 11) is 0. The molecule has 0 bridgehead atoms. The number of benzene rings is 1. The van der Waals surface area contributed by atoms with Crippen LogP contribution in [0.3, 0.4) is 0 Å². The van der Waals surface area contributed by atoms with Gasteiger partial charge in [0.25, 0.3) is 0 Å². The molecule has 6 nitrogen and oxygen atoms in total. The van der Waals surface area contributed by atoms with Crippen molar-refractivity contribution in [3.8, 4) is 0 Å². The van der Waals surface area contributed by atoms with Gasteiger partial charge in [-0.3, -0.25) is 4.57 Å². The second-order valence-corrected chi connectivity index (χ2v) is 7.06. The molecule has 1 unspecified atom stereocenters. The third-order valence-electron chi connectivity index (χ3n) is 5.40. The molecule has 136 valence electrons. The lowest BCUT2D eigenvalue weighted by atomic mass is 10.0. The maximum atomic E-state index is 12.3. The highest BCUT2D eigenvalue weighted by Gasteiger charge is 2.23. The summed E-state index contributed by atoms with van der Waals surface area (Å²) >= 11 is 0. The van der Waals surface area contributed by atoms with E-state index in [0.29, 0.717) is 0 Å². The number of piperidine rings is 1. The number of H-pyrrole nitrogens is 1. The summed E-state index contributed by atoms with van der Waals surface area (Å²) in [6.07, 6.45) is 5.38. The van der Waals surface area contributed by atoms with Crippen molar-refractivity contribution in [3.63, 3.8) is 0 Å². The van der Waals surface area contributed by atoms with Crippen molar-refractivity contribution in [1.82, 2.24) is 14.5 Å². The van der Waals surface area contributed by atoms with Gasteiger partial charge in [0.15, 0.2) is 6.29 Å². The van der Waals surface area contributed by atoms with Gasteiger partial charge < -0.3 is 19.4 Å². The lowest BCUT2D eigenvalue weighted by Gasteiger charge is -2.33. The Bertz CT molecular complexity index is 740. The van der Waals surface area contributed by atoms with Crippen molar-refractivity contribution >= 4 is 11.0 Å². The van der Waals surface area contributed by atoms with E-state index in [2.05, 4.69) is 9.88 Å². The lowest BCUT2D eigenvalue weighted by molar-refractivity contribution is -0.164. The molecule has 0 saturated carbocycles. The van der Waals surface area contributed by atoms with Crippen LogP contribution in [0.5, 0.6) is 0 Å². The molecule has 0 aliphatic carbocycles. The molecule has 2 aromatic rings. The highest BCUT2D eigenvalue weighted by Crippen LogP contribution is 2.24. The van der Waals surface area contributed by atoms with Gasteiger partial charge in [-0.05, 0) is 44.2 Å². The average Bonchev–Trinajstić information content (AvgIpc) is 2.99. The minimum absolute atomic E-state index is 0.00362. The predicted molar refractivity (Wildman–Crippen MR) is 96.8 cm³/mol. The number of nitrogens with zero attached hydrogens (tertiary/aromatic N) is 2. The van der Waals surface area contributed by atoms with Crippen LogP contribution in [0, 0.1) is 0 Å². The van der Waals surface area contributed by atoms with Gasteiger partial charge in [-0.1, -0.05) is 12.1 Å². The fourth-order valence-corrected chi connectivity index (χ4v) is 3.99. The molecule has 0 spiro atoms. The molecule has 1 N–H and O–H groups in total. The first kappa shape index (κ1) is 16.8. The summed E-state index contributed by atoms with van der Waals surface area (Å²) in [6.45, 7) is 4.50. The summed E-state index contributed by atoms with van der Waals surface area (Å²) in [5.74, 6) is 0. The van der Waals surface area contributed by atoms with Crippen LogP contribution < -0.4 is 5.69 Å². The molecule has 4 rings (SSSR count). The van der Waals surface area contributed by atoms with Crippen molar-refractivity contribution in [1.29, 1.82) is 0 Å². The summed E-state index contributed by atoms with van der Waals surface area (Å²) in [4.78, 5) is 17.7. The zero-order valence-electron chi connectivity index (χ0n) is 14.7. The molecule has 0 amide bonds. The third-order valence-corrected chi connectivity index (χ3v) is 5.40.